The number of nitrogens with one attached hydrogen (secondary N) is 1. The van der Waals surface area contributed by atoms with E-state index >= 15 is 0 Å². The van der Waals surface area contributed by atoms with Gasteiger partial charge in [-0.25, -0.2) is 0 Å². The molecule has 8 heteroatoms. The number of piperidine rings is 1. The molecule has 156 valence electrons. The summed E-state index contributed by atoms with van der Waals surface area (Å²) < 4.78 is 19.0. The molecule has 2 aromatic rings. The zero-order valence-electron chi connectivity index (χ0n) is 17.2. The summed E-state index contributed by atoms with van der Waals surface area (Å²) >= 11 is 0. The molecule has 0 aliphatic carbocycles. The van der Waals surface area contributed by atoms with Crippen molar-refractivity contribution in [3.63, 3.8) is 0 Å². The molecule has 1 N–H and O–H groups in total. The number of amides is 1. The fourth-order valence-corrected chi connectivity index (χ4v) is 4.36. The Kier molecular flexibility index (Phi) is 5.47. The summed E-state index contributed by atoms with van der Waals surface area (Å²) in [5.74, 6) is 1.47. The predicted octanol–water partition coefficient (Wildman–Crippen LogP) is 1.94. The van der Waals surface area contributed by atoms with Gasteiger partial charge < -0.3 is 19.5 Å². The lowest BCUT2D eigenvalue weighted by molar-refractivity contribution is -0.121. The highest BCUT2D eigenvalue weighted by Gasteiger charge is 2.41. The standard InChI is InChI=1S/C21H28N4O4/c1-24-13-16(12-22-24)23-20(26)14-25-7-5-21(6-8-25)17-11-19(28-3)18(27-2)10-15(17)4-9-29-21/h10-13H,4-9,14H2,1-3H3,(H,23,26). The number of carbonyl (C=O) groups excluding carboxylic acids is 1. The van der Waals surface area contributed by atoms with Gasteiger partial charge in [-0.1, -0.05) is 0 Å². The number of fused-ring (bicyclic) bond motifs is 2. The second kappa shape index (κ2) is 8.04. The van der Waals surface area contributed by atoms with Crippen LogP contribution in [0.3, 0.4) is 0 Å². The molecule has 0 saturated carbocycles. The van der Waals surface area contributed by atoms with Gasteiger partial charge >= 0.3 is 0 Å². The molecule has 0 unspecified atom stereocenters. The van der Waals surface area contributed by atoms with Gasteiger partial charge in [0.2, 0.25) is 5.91 Å². The van der Waals surface area contributed by atoms with E-state index < -0.39 is 0 Å². The Morgan fingerprint density at radius 1 is 1.24 bits per heavy atom. The molecule has 8 nitrogen and oxygen atoms in total. The van der Waals surface area contributed by atoms with Crippen molar-refractivity contribution in [3.05, 3.63) is 35.7 Å². The van der Waals surface area contributed by atoms with Crippen molar-refractivity contribution in [2.24, 2.45) is 7.05 Å². The molecule has 1 spiro atoms. The number of aromatic nitrogens is 2. The number of anilines is 1. The molecule has 4 rings (SSSR count). The Balaban J connectivity index is 1.43. The van der Waals surface area contributed by atoms with E-state index in [9.17, 15) is 4.79 Å². The van der Waals surface area contributed by atoms with Crippen molar-refractivity contribution in [1.82, 2.24) is 14.7 Å². The van der Waals surface area contributed by atoms with Crippen LogP contribution in [0.25, 0.3) is 0 Å². The first kappa shape index (κ1) is 19.7. The summed E-state index contributed by atoms with van der Waals surface area (Å²) in [5, 5.41) is 6.97. The van der Waals surface area contributed by atoms with E-state index in [2.05, 4.69) is 27.4 Å². The smallest absolute Gasteiger partial charge is 0.238 e. The first-order chi connectivity index (χ1) is 14.0. The first-order valence-corrected chi connectivity index (χ1v) is 9.93. The zero-order valence-corrected chi connectivity index (χ0v) is 17.2. The van der Waals surface area contributed by atoms with Crippen LogP contribution in [-0.2, 0) is 28.6 Å². The van der Waals surface area contributed by atoms with E-state index in [1.807, 2.05) is 7.05 Å². The Morgan fingerprint density at radius 3 is 2.62 bits per heavy atom. The molecular weight excluding hydrogens is 372 g/mol. The number of likely N-dealkylation sites (tertiary alicyclic amines) is 1. The predicted molar refractivity (Wildman–Crippen MR) is 108 cm³/mol. The van der Waals surface area contributed by atoms with Gasteiger partial charge in [-0.2, -0.15) is 5.10 Å². The van der Waals surface area contributed by atoms with Crippen molar-refractivity contribution < 1.29 is 19.0 Å². The molecular formula is C21H28N4O4. The van der Waals surface area contributed by atoms with Crippen LogP contribution >= 0.6 is 0 Å². The van der Waals surface area contributed by atoms with Gasteiger partial charge in [0.25, 0.3) is 0 Å². The number of carbonyl (C=O) groups is 1. The van der Waals surface area contributed by atoms with Crippen molar-refractivity contribution in [1.29, 1.82) is 0 Å². The maximum Gasteiger partial charge on any atom is 0.238 e. The van der Waals surface area contributed by atoms with Crippen LogP contribution in [0.2, 0.25) is 0 Å². The zero-order chi connectivity index (χ0) is 20.4. The fourth-order valence-electron chi connectivity index (χ4n) is 4.36. The maximum absolute atomic E-state index is 12.4. The molecule has 2 aliphatic heterocycles. The third-order valence-electron chi connectivity index (χ3n) is 5.87. The van der Waals surface area contributed by atoms with Crippen molar-refractivity contribution >= 4 is 11.6 Å². The third-order valence-corrected chi connectivity index (χ3v) is 5.87. The van der Waals surface area contributed by atoms with E-state index in [0.29, 0.717) is 13.2 Å². The lowest BCUT2D eigenvalue weighted by Crippen LogP contribution is -2.48. The molecule has 29 heavy (non-hydrogen) atoms. The summed E-state index contributed by atoms with van der Waals surface area (Å²) in [6.07, 6.45) is 6.00. The van der Waals surface area contributed by atoms with Crippen LogP contribution < -0.4 is 14.8 Å². The van der Waals surface area contributed by atoms with Gasteiger partial charge in [-0.3, -0.25) is 14.4 Å². The number of nitrogens with zero attached hydrogens (tertiary/aromatic N) is 3. The van der Waals surface area contributed by atoms with Crippen LogP contribution in [0.4, 0.5) is 5.69 Å². The molecule has 1 aromatic heterocycles. The van der Waals surface area contributed by atoms with E-state index in [4.69, 9.17) is 14.2 Å². The summed E-state index contributed by atoms with van der Waals surface area (Å²) in [6, 6.07) is 4.14. The minimum Gasteiger partial charge on any atom is -0.493 e. The number of methoxy groups -OCH3 is 2. The average Bonchev–Trinajstić information content (AvgIpc) is 3.13. The van der Waals surface area contributed by atoms with Gasteiger partial charge in [0.05, 0.1) is 44.9 Å². The van der Waals surface area contributed by atoms with E-state index in [0.717, 1.165) is 49.5 Å². The largest absolute Gasteiger partial charge is 0.493 e. The second-order valence-electron chi connectivity index (χ2n) is 7.68. The number of aryl methyl sites for hydroxylation is 1. The van der Waals surface area contributed by atoms with Crippen LogP contribution in [0, 0.1) is 0 Å². The topological polar surface area (TPSA) is 77.9 Å². The highest BCUT2D eigenvalue weighted by atomic mass is 16.5. The number of benzene rings is 1. The summed E-state index contributed by atoms with van der Waals surface area (Å²) in [5.41, 5.74) is 2.86. The van der Waals surface area contributed by atoms with E-state index in [1.165, 1.54) is 11.1 Å². The van der Waals surface area contributed by atoms with Gasteiger partial charge in [-0.05, 0) is 42.5 Å². The fraction of sp³-hybridized carbons (Fsp3) is 0.524. The number of ether oxygens (including phenoxy) is 3. The molecule has 1 saturated heterocycles. The molecule has 1 amide bonds. The monoisotopic (exact) mass is 400 g/mol. The minimum atomic E-state index is -0.316. The Hall–Kier alpha value is -2.58. The Morgan fingerprint density at radius 2 is 1.97 bits per heavy atom. The molecule has 1 fully saturated rings. The van der Waals surface area contributed by atoms with Crippen molar-refractivity contribution in [3.8, 4) is 11.5 Å². The van der Waals surface area contributed by atoms with Gasteiger partial charge in [0.15, 0.2) is 11.5 Å². The van der Waals surface area contributed by atoms with Crippen LogP contribution in [0.5, 0.6) is 11.5 Å². The molecule has 0 radical (unpaired) electrons. The Labute approximate surface area is 170 Å². The van der Waals surface area contributed by atoms with E-state index in [1.54, 1.807) is 31.3 Å². The van der Waals surface area contributed by atoms with Gasteiger partial charge in [0.1, 0.15) is 0 Å². The number of hydrogen-bond acceptors (Lipinski definition) is 6. The molecule has 2 aliphatic rings. The quantitative estimate of drug-likeness (QED) is 0.827. The van der Waals surface area contributed by atoms with Crippen LogP contribution in [0.1, 0.15) is 24.0 Å². The van der Waals surface area contributed by atoms with Gasteiger partial charge in [0, 0.05) is 26.3 Å². The molecule has 3 heterocycles. The minimum absolute atomic E-state index is 0.0229. The number of rotatable bonds is 5. The second-order valence-corrected chi connectivity index (χ2v) is 7.68. The van der Waals surface area contributed by atoms with Crippen molar-refractivity contribution in [2.45, 2.75) is 24.9 Å². The number of hydrogen-bond donors (Lipinski definition) is 1. The SMILES string of the molecule is COc1cc2c(cc1OC)C1(CCN(CC(=O)Nc3cnn(C)c3)CC1)OCC2. The third kappa shape index (κ3) is 3.95. The van der Waals surface area contributed by atoms with Crippen molar-refractivity contribution in [2.75, 3.05) is 45.8 Å². The van der Waals surface area contributed by atoms with E-state index in [-0.39, 0.29) is 11.5 Å². The molecule has 0 atom stereocenters. The molecule has 1 aromatic carbocycles. The molecule has 0 bridgehead atoms. The lowest BCUT2D eigenvalue weighted by Gasteiger charge is -2.45. The van der Waals surface area contributed by atoms with Gasteiger partial charge in [-0.15, -0.1) is 0 Å². The highest BCUT2D eigenvalue weighted by molar-refractivity contribution is 5.91. The summed E-state index contributed by atoms with van der Waals surface area (Å²) in [6.45, 7) is 2.66. The Bertz CT molecular complexity index is 887. The normalized spacial score (nSPS) is 18.3. The van der Waals surface area contributed by atoms with Crippen LogP contribution in [-0.4, -0.2) is 61.0 Å². The summed E-state index contributed by atoms with van der Waals surface area (Å²) in [4.78, 5) is 14.5. The summed E-state index contributed by atoms with van der Waals surface area (Å²) in [7, 11) is 5.14. The lowest BCUT2D eigenvalue weighted by atomic mass is 9.79. The van der Waals surface area contributed by atoms with Crippen LogP contribution in [0.15, 0.2) is 24.5 Å². The maximum atomic E-state index is 12.4. The first-order valence-electron chi connectivity index (χ1n) is 9.93. The highest BCUT2D eigenvalue weighted by Crippen LogP contribution is 2.45. The average molecular weight is 400 g/mol.